The lowest BCUT2D eigenvalue weighted by atomic mass is 9.77. The number of halogens is 1. The molecule has 248 valence electrons. The summed E-state index contributed by atoms with van der Waals surface area (Å²) in [6.07, 6.45) is 0. The van der Waals surface area contributed by atoms with Crippen LogP contribution in [-0.4, -0.2) is 12.6 Å². The number of para-hydroxylation sites is 1. The van der Waals surface area contributed by atoms with Crippen LogP contribution in [0.25, 0.3) is 27.9 Å². The van der Waals surface area contributed by atoms with Crippen molar-refractivity contribution in [2.75, 3.05) is 6.61 Å². The summed E-state index contributed by atoms with van der Waals surface area (Å²) in [7, 11) is 0. The molecule has 0 fully saturated rings. The average molecular weight is 660 g/mol. The first-order valence-corrected chi connectivity index (χ1v) is 17.1. The first-order valence-electron chi connectivity index (χ1n) is 16.3. The second-order valence-electron chi connectivity index (χ2n) is 16.5. The third-order valence-electron chi connectivity index (χ3n) is 8.66. The van der Waals surface area contributed by atoms with Gasteiger partial charge in [0.25, 0.3) is 0 Å². The molecule has 0 bridgehead atoms. The lowest BCUT2D eigenvalue weighted by Gasteiger charge is -2.27. The highest BCUT2D eigenvalue weighted by atomic mass is 35.5. The van der Waals surface area contributed by atoms with Crippen LogP contribution in [0.15, 0.2) is 60.1 Å². The van der Waals surface area contributed by atoms with Crippen LogP contribution in [0.3, 0.4) is 0 Å². The highest BCUT2D eigenvalue weighted by Gasteiger charge is 2.31. The van der Waals surface area contributed by atoms with Gasteiger partial charge >= 0.3 is 5.97 Å². The van der Waals surface area contributed by atoms with Crippen molar-refractivity contribution in [3.05, 3.63) is 92.9 Å². The predicted octanol–water partition coefficient (Wildman–Crippen LogP) is 8.04. The Morgan fingerprint density at radius 2 is 1.04 bits per heavy atom. The molecular weight excluding hydrogens is 606 g/mol. The number of ether oxygens (including phenoxy) is 1. The maximum absolute atomic E-state index is 13.0. The zero-order valence-electron chi connectivity index (χ0n) is 30.5. The van der Waals surface area contributed by atoms with Crippen LogP contribution in [0.2, 0.25) is 0 Å². The third kappa shape index (κ3) is 7.94. The van der Waals surface area contributed by atoms with Crippen LogP contribution in [-0.2, 0) is 26.4 Å². The number of thiazole rings is 1. The molecule has 0 amide bonds. The van der Waals surface area contributed by atoms with E-state index in [9.17, 15) is 4.79 Å². The molecule has 0 saturated carbocycles. The second-order valence-corrected chi connectivity index (χ2v) is 17.4. The zero-order valence-corrected chi connectivity index (χ0v) is 32.1. The van der Waals surface area contributed by atoms with E-state index in [1.807, 2.05) is 13.8 Å². The van der Waals surface area contributed by atoms with E-state index in [2.05, 4.69) is 148 Å². The highest BCUT2D eigenvalue weighted by molar-refractivity contribution is 7.11. The van der Waals surface area contributed by atoms with Crippen molar-refractivity contribution in [3.63, 3.8) is 0 Å². The number of aromatic nitrogens is 1. The quantitative estimate of drug-likeness (QED) is 0.160. The van der Waals surface area contributed by atoms with Crippen molar-refractivity contribution in [1.82, 2.24) is 0 Å². The van der Waals surface area contributed by atoms with E-state index in [0.29, 0.717) is 11.5 Å². The Balaban J connectivity index is 0.00000576. The summed E-state index contributed by atoms with van der Waals surface area (Å²) in [5, 5.41) is 0. The molecule has 1 heterocycles. The lowest BCUT2D eigenvalue weighted by Crippen LogP contribution is -3.00. The largest absolute Gasteiger partial charge is 1.00 e. The first kappa shape index (κ1) is 37.5. The SMILES string of the molecule is CCOC(=O)c1sc[n+](-c2c(-c3cc(C(C)(C)C)cc(C(C)(C)C)c3)cccc2-c2cc(C(C)(C)C)cc(C(C)(C)C)c2)c1C.[Cl-]. The van der Waals surface area contributed by atoms with E-state index < -0.39 is 0 Å². The third-order valence-corrected chi connectivity index (χ3v) is 9.67. The fraction of sp³-hybridized carbons (Fsp3) is 0.463. The van der Waals surface area contributed by atoms with Crippen LogP contribution in [0.1, 0.15) is 128 Å². The van der Waals surface area contributed by atoms with Gasteiger partial charge in [-0.25, -0.2) is 4.79 Å². The number of hydrogen-bond acceptors (Lipinski definition) is 3. The van der Waals surface area contributed by atoms with E-state index in [1.165, 1.54) is 44.7 Å². The van der Waals surface area contributed by atoms with Crippen LogP contribution in [0.4, 0.5) is 0 Å². The number of rotatable bonds is 5. The van der Waals surface area contributed by atoms with Gasteiger partial charge in [0.2, 0.25) is 16.9 Å². The number of hydrogen-bond donors (Lipinski definition) is 0. The fourth-order valence-electron chi connectivity index (χ4n) is 5.56. The molecule has 0 spiro atoms. The van der Waals surface area contributed by atoms with E-state index >= 15 is 0 Å². The molecule has 1 aromatic heterocycles. The van der Waals surface area contributed by atoms with E-state index in [0.717, 1.165) is 22.5 Å². The summed E-state index contributed by atoms with van der Waals surface area (Å²) in [4.78, 5) is 13.6. The first-order chi connectivity index (χ1) is 20.6. The molecule has 5 heteroatoms. The van der Waals surface area contributed by atoms with Crippen LogP contribution in [0.5, 0.6) is 0 Å². The van der Waals surface area contributed by atoms with Crippen LogP contribution >= 0.6 is 11.3 Å². The molecule has 0 N–H and O–H groups in total. The van der Waals surface area contributed by atoms with Crippen molar-refractivity contribution in [2.24, 2.45) is 0 Å². The molecule has 0 saturated heterocycles. The Kier molecular flexibility index (Phi) is 10.8. The number of esters is 1. The van der Waals surface area contributed by atoms with Gasteiger partial charge in [0, 0.05) is 6.92 Å². The minimum atomic E-state index is -0.271. The minimum absolute atomic E-state index is 0. The van der Waals surface area contributed by atoms with E-state index in [4.69, 9.17) is 4.74 Å². The monoisotopic (exact) mass is 659 g/mol. The van der Waals surface area contributed by atoms with Crippen LogP contribution < -0.4 is 17.0 Å². The topological polar surface area (TPSA) is 30.2 Å². The minimum Gasteiger partial charge on any atom is -1.00 e. The predicted molar refractivity (Wildman–Crippen MR) is 192 cm³/mol. The second kappa shape index (κ2) is 13.3. The molecule has 0 unspecified atom stereocenters. The zero-order chi connectivity index (χ0) is 33.7. The Bertz CT molecular complexity index is 1560. The molecule has 3 aromatic carbocycles. The van der Waals surface area contributed by atoms with Gasteiger partial charge in [-0.3, -0.25) is 0 Å². The maximum atomic E-state index is 13.0. The van der Waals surface area contributed by atoms with Gasteiger partial charge in [0.15, 0.2) is 4.88 Å². The molecule has 4 rings (SSSR count). The van der Waals surface area contributed by atoms with Gasteiger partial charge in [-0.1, -0.05) is 137 Å². The van der Waals surface area contributed by atoms with Gasteiger partial charge in [-0.05, 0) is 74.1 Å². The molecule has 3 nitrogen and oxygen atoms in total. The number of benzene rings is 3. The summed E-state index contributed by atoms with van der Waals surface area (Å²) < 4.78 is 7.67. The Morgan fingerprint density at radius 3 is 1.37 bits per heavy atom. The van der Waals surface area contributed by atoms with Gasteiger partial charge in [0.1, 0.15) is 0 Å². The maximum Gasteiger partial charge on any atom is 0.355 e. The summed E-state index contributed by atoms with van der Waals surface area (Å²) in [5.41, 5.74) is 13.9. The average Bonchev–Trinajstić information content (AvgIpc) is 3.31. The van der Waals surface area contributed by atoms with E-state index in [-0.39, 0.29) is 40.0 Å². The Hall–Kier alpha value is -2.95. The molecule has 0 radical (unpaired) electrons. The van der Waals surface area contributed by atoms with Gasteiger partial charge in [-0.2, -0.15) is 4.57 Å². The Morgan fingerprint density at radius 1 is 0.674 bits per heavy atom. The van der Waals surface area contributed by atoms with Crippen molar-refractivity contribution >= 4 is 17.3 Å². The molecule has 0 aliphatic heterocycles. The van der Waals surface area contributed by atoms with Crippen LogP contribution in [0, 0.1) is 6.92 Å². The van der Waals surface area contributed by atoms with Gasteiger partial charge in [-0.15, -0.1) is 0 Å². The van der Waals surface area contributed by atoms with Gasteiger partial charge < -0.3 is 17.1 Å². The van der Waals surface area contributed by atoms with Gasteiger partial charge in [0.05, 0.1) is 17.7 Å². The van der Waals surface area contributed by atoms with Crippen molar-refractivity contribution in [3.8, 4) is 27.9 Å². The number of carbonyl (C=O) groups is 1. The molecule has 0 aliphatic carbocycles. The number of carbonyl (C=O) groups excluding carboxylic acids is 1. The molecule has 0 aliphatic rings. The lowest BCUT2D eigenvalue weighted by molar-refractivity contribution is -0.595. The smallest absolute Gasteiger partial charge is 0.355 e. The summed E-state index contributed by atoms with van der Waals surface area (Å²) in [6.45, 7) is 31.6. The summed E-state index contributed by atoms with van der Waals surface area (Å²) in [5.74, 6) is -0.271. The highest BCUT2D eigenvalue weighted by Crippen LogP contribution is 2.41. The molecule has 0 atom stereocenters. The Labute approximate surface area is 288 Å². The standard InChI is InChI=1S/C41H54NO2S.ClH/c1-15-44-37(43)36-26(2)42(25-45-36)35-33(27-19-29(38(3,4)5)23-30(20-27)39(6,7)8)17-16-18-34(35)28-21-31(40(9,10)11)24-32(22-28)41(12,13)14;/h16-25H,15H2,1-14H3;1H/q+1;/p-1. The molecular formula is C41H54ClNO2S. The van der Waals surface area contributed by atoms with E-state index in [1.54, 1.807) is 0 Å². The molecule has 4 aromatic rings. The number of nitrogens with zero attached hydrogens (tertiary/aromatic N) is 1. The normalized spacial score (nSPS) is 12.6. The van der Waals surface area contributed by atoms with Crippen molar-refractivity contribution in [2.45, 2.75) is 119 Å². The van der Waals surface area contributed by atoms with Crippen molar-refractivity contribution < 1.29 is 26.5 Å². The molecule has 46 heavy (non-hydrogen) atoms. The van der Waals surface area contributed by atoms with Crippen molar-refractivity contribution in [1.29, 1.82) is 0 Å². The summed E-state index contributed by atoms with van der Waals surface area (Å²) >= 11 is 1.44. The fourth-order valence-corrected chi connectivity index (χ4v) is 6.46. The summed E-state index contributed by atoms with van der Waals surface area (Å²) in [6, 6.07) is 20.8.